The zero-order valence-electron chi connectivity index (χ0n) is 6.39. The van der Waals surface area contributed by atoms with E-state index in [0.717, 1.165) is 12.0 Å². The molecule has 0 aromatic heterocycles. The molecule has 0 atom stereocenters. The third-order valence-electron chi connectivity index (χ3n) is 1.23. The summed E-state index contributed by atoms with van der Waals surface area (Å²) in [6, 6.07) is 8.22. The van der Waals surface area contributed by atoms with Crippen LogP contribution in [0.5, 0.6) is 0 Å². The van der Waals surface area contributed by atoms with Gasteiger partial charge in [-0.3, -0.25) is 0 Å². The van der Waals surface area contributed by atoms with Crippen molar-refractivity contribution in [3.05, 3.63) is 33.4 Å². The highest BCUT2D eigenvalue weighted by Gasteiger charge is 1.86. The van der Waals surface area contributed by atoms with Crippen LogP contribution in [0.3, 0.4) is 0 Å². The van der Waals surface area contributed by atoms with Crippen molar-refractivity contribution in [2.75, 3.05) is 0 Å². The lowest BCUT2D eigenvalue weighted by atomic mass is 10.2. The Morgan fingerprint density at radius 2 is 2.27 bits per heavy atom. The first kappa shape index (κ1) is 8.61. The van der Waals surface area contributed by atoms with Gasteiger partial charge >= 0.3 is 0 Å². The van der Waals surface area contributed by atoms with E-state index in [1.165, 1.54) is 3.57 Å². The molecule has 1 heteroatoms. The average Bonchev–Trinajstić information content (AvgIpc) is 2.01. The Balaban J connectivity index is 2.87. The molecule has 0 unspecified atom stereocenters. The molecular formula is C10H9I. The Bertz CT molecular complexity index is 291. The molecule has 0 nitrogen and oxygen atoms in total. The summed E-state index contributed by atoms with van der Waals surface area (Å²) in [7, 11) is 0. The molecule has 0 saturated heterocycles. The summed E-state index contributed by atoms with van der Waals surface area (Å²) in [6.45, 7) is 2.06. The van der Waals surface area contributed by atoms with Crippen molar-refractivity contribution in [3.8, 4) is 11.8 Å². The summed E-state index contributed by atoms with van der Waals surface area (Å²) in [5.41, 5.74) is 1.11. The Morgan fingerprint density at radius 1 is 1.45 bits per heavy atom. The zero-order chi connectivity index (χ0) is 8.10. The standard InChI is InChI=1S/C10H9I/c1-2-3-5-9-6-4-7-10(11)8-9/h4,6-8H,2H2,1H3. The van der Waals surface area contributed by atoms with Crippen LogP contribution in [-0.4, -0.2) is 0 Å². The minimum atomic E-state index is 0.922. The van der Waals surface area contributed by atoms with Crippen LogP contribution in [0.25, 0.3) is 0 Å². The fourth-order valence-electron chi connectivity index (χ4n) is 0.757. The lowest BCUT2D eigenvalue weighted by molar-refractivity contribution is 1.28. The van der Waals surface area contributed by atoms with Crippen LogP contribution >= 0.6 is 22.6 Å². The minimum Gasteiger partial charge on any atom is -0.0982 e. The number of halogens is 1. The molecule has 0 saturated carbocycles. The van der Waals surface area contributed by atoms with E-state index in [-0.39, 0.29) is 0 Å². The third-order valence-corrected chi connectivity index (χ3v) is 1.91. The van der Waals surface area contributed by atoms with Crippen molar-refractivity contribution in [1.29, 1.82) is 0 Å². The van der Waals surface area contributed by atoms with E-state index in [1.54, 1.807) is 0 Å². The van der Waals surface area contributed by atoms with E-state index >= 15 is 0 Å². The number of rotatable bonds is 0. The SMILES string of the molecule is CCC#Cc1cccc(I)c1. The summed E-state index contributed by atoms with van der Waals surface area (Å²) in [4.78, 5) is 0. The van der Waals surface area contributed by atoms with E-state index in [0.29, 0.717) is 0 Å². The van der Waals surface area contributed by atoms with Gasteiger partial charge in [-0.05, 0) is 40.8 Å². The molecule has 11 heavy (non-hydrogen) atoms. The van der Waals surface area contributed by atoms with Crippen molar-refractivity contribution in [3.63, 3.8) is 0 Å². The summed E-state index contributed by atoms with van der Waals surface area (Å²) in [6.07, 6.45) is 0.922. The van der Waals surface area contributed by atoms with Gasteiger partial charge < -0.3 is 0 Å². The molecule has 0 heterocycles. The second-order valence-corrected chi connectivity index (χ2v) is 3.41. The first-order valence-corrected chi connectivity index (χ1v) is 4.65. The second-order valence-electron chi connectivity index (χ2n) is 2.17. The Labute approximate surface area is 81.2 Å². The first-order chi connectivity index (χ1) is 5.33. The van der Waals surface area contributed by atoms with Crippen LogP contribution in [0.2, 0.25) is 0 Å². The monoisotopic (exact) mass is 256 g/mol. The van der Waals surface area contributed by atoms with Crippen LogP contribution in [-0.2, 0) is 0 Å². The van der Waals surface area contributed by atoms with Crippen molar-refractivity contribution < 1.29 is 0 Å². The van der Waals surface area contributed by atoms with Gasteiger partial charge in [-0.2, -0.15) is 0 Å². The van der Waals surface area contributed by atoms with Gasteiger partial charge in [0.1, 0.15) is 0 Å². The molecule has 0 aliphatic heterocycles. The topological polar surface area (TPSA) is 0 Å². The molecule has 0 N–H and O–H groups in total. The molecule has 56 valence electrons. The lowest BCUT2D eigenvalue weighted by Crippen LogP contribution is -1.74. The molecule has 0 aliphatic carbocycles. The molecular weight excluding hydrogens is 247 g/mol. The van der Waals surface area contributed by atoms with Gasteiger partial charge in [-0.1, -0.05) is 24.8 Å². The molecule has 1 aromatic rings. The predicted octanol–water partition coefficient (Wildman–Crippen LogP) is 3.05. The largest absolute Gasteiger partial charge is 0.0982 e. The minimum absolute atomic E-state index is 0.922. The van der Waals surface area contributed by atoms with Crippen molar-refractivity contribution >= 4 is 22.6 Å². The highest BCUT2D eigenvalue weighted by atomic mass is 127. The highest BCUT2D eigenvalue weighted by molar-refractivity contribution is 14.1. The summed E-state index contributed by atoms with van der Waals surface area (Å²) in [5, 5.41) is 0. The molecule has 0 aliphatic rings. The van der Waals surface area contributed by atoms with E-state index in [2.05, 4.69) is 53.5 Å². The maximum atomic E-state index is 3.08. The van der Waals surface area contributed by atoms with E-state index < -0.39 is 0 Å². The second kappa shape index (κ2) is 4.40. The highest BCUT2D eigenvalue weighted by Crippen LogP contribution is 2.06. The van der Waals surface area contributed by atoms with Gasteiger partial charge in [0.25, 0.3) is 0 Å². The predicted molar refractivity (Wildman–Crippen MR) is 56.3 cm³/mol. The van der Waals surface area contributed by atoms with Gasteiger partial charge in [0, 0.05) is 15.6 Å². The van der Waals surface area contributed by atoms with E-state index in [9.17, 15) is 0 Å². The summed E-state index contributed by atoms with van der Waals surface area (Å²) < 4.78 is 1.24. The zero-order valence-corrected chi connectivity index (χ0v) is 8.55. The van der Waals surface area contributed by atoms with Gasteiger partial charge in [0.2, 0.25) is 0 Å². The number of benzene rings is 1. The van der Waals surface area contributed by atoms with Crippen molar-refractivity contribution in [2.24, 2.45) is 0 Å². The Hall–Kier alpha value is -0.490. The van der Waals surface area contributed by atoms with Crippen molar-refractivity contribution in [2.45, 2.75) is 13.3 Å². The van der Waals surface area contributed by atoms with Crippen LogP contribution < -0.4 is 0 Å². The van der Waals surface area contributed by atoms with Crippen LogP contribution in [0, 0.1) is 15.4 Å². The third kappa shape index (κ3) is 2.94. The Kier molecular flexibility index (Phi) is 3.44. The smallest absolute Gasteiger partial charge is 0.0255 e. The maximum Gasteiger partial charge on any atom is 0.0255 e. The Morgan fingerprint density at radius 3 is 2.91 bits per heavy atom. The molecule has 0 fully saturated rings. The van der Waals surface area contributed by atoms with Gasteiger partial charge in [-0.25, -0.2) is 0 Å². The quantitative estimate of drug-likeness (QED) is 0.494. The lowest BCUT2D eigenvalue weighted by Gasteiger charge is -1.89. The molecule has 0 amide bonds. The first-order valence-electron chi connectivity index (χ1n) is 3.57. The number of hydrogen-bond acceptors (Lipinski definition) is 0. The van der Waals surface area contributed by atoms with E-state index in [4.69, 9.17) is 0 Å². The molecule has 1 aromatic carbocycles. The summed E-state index contributed by atoms with van der Waals surface area (Å²) >= 11 is 2.29. The van der Waals surface area contributed by atoms with Gasteiger partial charge in [0.15, 0.2) is 0 Å². The average molecular weight is 256 g/mol. The summed E-state index contributed by atoms with van der Waals surface area (Å²) in [5.74, 6) is 6.12. The van der Waals surface area contributed by atoms with Crippen LogP contribution in [0.15, 0.2) is 24.3 Å². The van der Waals surface area contributed by atoms with Crippen LogP contribution in [0.4, 0.5) is 0 Å². The molecule has 1 rings (SSSR count). The van der Waals surface area contributed by atoms with Crippen molar-refractivity contribution in [1.82, 2.24) is 0 Å². The number of hydrogen-bond donors (Lipinski definition) is 0. The van der Waals surface area contributed by atoms with Crippen LogP contribution in [0.1, 0.15) is 18.9 Å². The fourth-order valence-corrected chi connectivity index (χ4v) is 1.30. The fraction of sp³-hybridized carbons (Fsp3) is 0.200. The molecule has 0 bridgehead atoms. The van der Waals surface area contributed by atoms with E-state index in [1.807, 2.05) is 12.1 Å². The molecule has 0 radical (unpaired) electrons. The van der Waals surface area contributed by atoms with Gasteiger partial charge in [-0.15, -0.1) is 0 Å². The molecule has 0 spiro atoms. The maximum absolute atomic E-state index is 3.08. The normalized spacial score (nSPS) is 8.55. The van der Waals surface area contributed by atoms with Gasteiger partial charge in [0.05, 0.1) is 0 Å².